The number of alkyl halides is 2. The summed E-state index contributed by atoms with van der Waals surface area (Å²) in [5.41, 5.74) is 7.45. The van der Waals surface area contributed by atoms with Gasteiger partial charge in [-0.2, -0.15) is 0 Å². The van der Waals surface area contributed by atoms with Crippen molar-refractivity contribution in [3.8, 4) is 0 Å². The fourth-order valence-corrected chi connectivity index (χ4v) is 6.12. The minimum Gasteiger partial charge on any atom is -0.478 e. The van der Waals surface area contributed by atoms with E-state index in [2.05, 4.69) is 29.2 Å². The molecule has 5 rings (SSSR count). The van der Waals surface area contributed by atoms with E-state index < -0.39 is 12.4 Å². The van der Waals surface area contributed by atoms with Crippen molar-refractivity contribution < 1.29 is 28.2 Å². The third-order valence-corrected chi connectivity index (χ3v) is 8.22. The molecular weight excluding hydrogens is 512 g/mol. The molecule has 7 heteroatoms. The number of ether oxygens (including phenoxy) is 2. The molecule has 1 fully saturated rings. The molecule has 1 saturated heterocycles. The number of aromatic carboxylic acids is 1. The van der Waals surface area contributed by atoms with Gasteiger partial charge in [0.05, 0.1) is 5.56 Å². The van der Waals surface area contributed by atoms with Crippen LogP contribution in [-0.2, 0) is 15.9 Å². The molecule has 0 aromatic heterocycles. The maximum absolute atomic E-state index is 13.3. The number of allylic oxidation sites excluding steroid dienone is 1. The van der Waals surface area contributed by atoms with Crippen LogP contribution in [0.1, 0.15) is 70.3 Å². The highest BCUT2D eigenvalue weighted by Gasteiger charge is 2.27. The number of carboxylic acid groups (broad SMARTS) is 1. The molecule has 40 heavy (non-hydrogen) atoms. The standard InChI is InChI=1S/C33H35F2NO4/c1-39-33(40-2)24-16-18-36(19-17-24)27-13-10-22(11-14-27)30-28(21-6-8-23(9-7-21)31(34)35)5-3-4-25-20-26(32(37)38)12-15-29(25)30/h6-15,20,24,31,33H,3-5,16-19H2,1-2H3,(H,37,38). The fourth-order valence-electron chi connectivity index (χ4n) is 6.12. The fraction of sp³-hybridized carbons (Fsp3) is 0.364. The van der Waals surface area contributed by atoms with Crippen LogP contribution in [0.3, 0.4) is 0 Å². The zero-order chi connectivity index (χ0) is 28.2. The smallest absolute Gasteiger partial charge is 0.335 e. The van der Waals surface area contributed by atoms with E-state index >= 15 is 0 Å². The van der Waals surface area contributed by atoms with Crippen molar-refractivity contribution in [3.63, 3.8) is 0 Å². The second-order valence-corrected chi connectivity index (χ2v) is 10.5. The van der Waals surface area contributed by atoms with Crippen molar-refractivity contribution in [1.82, 2.24) is 0 Å². The molecule has 3 aromatic carbocycles. The summed E-state index contributed by atoms with van der Waals surface area (Å²) in [6.07, 6.45) is 1.61. The Bertz CT molecular complexity index is 1360. The van der Waals surface area contributed by atoms with Crippen molar-refractivity contribution >= 4 is 22.8 Å². The van der Waals surface area contributed by atoms with E-state index in [1.807, 2.05) is 6.07 Å². The minimum absolute atomic E-state index is 0.00136. The van der Waals surface area contributed by atoms with E-state index in [0.29, 0.717) is 5.92 Å². The largest absolute Gasteiger partial charge is 0.478 e. The summed E-state index contributed by atoms with van der Waals surface area (Å²) >= 11 is 0. The zero-order valence-electron chi connectivity index (χ0n) is 22.9. The molecule has 0 atom stereocenters. The van der Waals surface area contributed by atoms with Gasteiger partial charge in [0.15, 0.2) is 6.29 Å². The molecule has 3 aromatic rings. The molecular formula is C33H35F2NO4. The number of anilines is 1. The molecule has 0 unspecified atom stereocenters. The summed E-state index contributed by atoms with van der Waals surface area (Å²) < 4.78 is 37.5. The number of benzene rings is 3. The molecule has 0 spiro atoms. The molecule has 0 saturated carbocycles. The summed E-state index contributed by atoms with van der Waals surface area (Å²) in [5.74, 6) is -0.580. The van der Waals surface area contributed by atoms with Crippen LogP contribution in [0.4, 0.5) is 14.5 Å². The van der Waals surface area contributed by atoms with Crippen LogP contribution in [0.2, 0.25) is 0 Å². The maximum Gasteiger partial charge on any atom is 0.335 e. The topological polar surface area (TPSA) is 59.0 Å². The summed E-state index contributed by atoms with van der Waals surface area (Å²) in [4.78, 5) is 14.1. The maximum atomic E-state index is 13.3. The number of nitrogens with zero attached hydrogens (tertiary/aromatic N) is 1. The number of fused-ring (bicyclic) bond motifs is 1. The predicted octanol–water partition coefficient (Wildman–Crippen LogP) is 7.45. The van der Waals surface area contributed by atoms with Crippen LogP contribution < -0.4 is 4.90 Å². The van der Waals surface area contributed by atoms with Crippen molar-refractivity contribution in [2.24, 2.45) is 5.92 Å². The SMILES string of the molecule is COC(OC)C1CCN(c2ccc(C3=C(c4ccc(C(F)F)cc4)CCCc4cc(C(=O)O)ccc43)cc2)CC1. The van der Waals surface area contributed by atoms with Crippen LogP contribution in [0.25, 0.3) is 11.1 Å². The van der Waals surface area contributed by atoms with Gasteiger partial charge in [0.25, 0.3) is 6.43 Å². The Morgan fingerprint density at radius 2 is 1.55 bits per heavy atom. The number of piperidine rings is 1. The number of carboxylic acids is 1. The van der Waals surface area contributed by atoms with E-state index in [9.17, 15) is 18.7 Å². The average Bonchev–Trinajstić information content (AvgIpc) is 3.17. The van der Waals surface area contributed by atoms with Gasteiger partial charge in [0.2, 0.25) is 0 Å². The molecule has 1 aliphatic carbocycles. The Labute approximate surface area is 234 Å². The number of aryl methyl sites for hydroxylation is 1. The van der Waals surface area contributed by atoms with Gasteiger partial charge < -0.3 is 19.5 Å². The highest BCUT2D eigenvalue weighted by Crippen LogP contribution is 2.41. The molecule has 0 radical (unpaired) electrons. The lowest BCUT2D eigenvalue weighted by atomic mass is 9.87. The third kappa shape index (κ3) is 5.81. The van der Waals surface area contributed by atoms with Gasteiger partial charge in [-0.25, -0.2) is 13.6 Å². The Hall–Kier alpha value is -3.55. The van der Waals surface area contributed by atoms with Gasteiger partial charge in [-0.3, -0.25) is 0 Å². The van der Waals surface area contributed by atoms with Gasteiger partial charge in [-0.05, 0) is 89.8 Å². The Balaban J connectivity index is 1.51. The van der Waals surface area contributed by atoms with Gasteiger partial charge in [0, 0.05) is 44.5 Å². The summed E-state index contributed by atoms with van der Waals surface area (Å²) in [6.45, 7) is 1.83. The van der Waals surface area contributed by atoms with Crippen molar-refractivity contribution in [1.29, 1.82) is 0 Å². The number of hydrogen-bond acceptors (Lipinski definition) is 4. The summed E-state index contributed by atoms with van der Waals surface area (Å²) in [6, 6.07) is 20.4. The summed E-state index contributed by atoms with van der Waals surface area (Å²) in [7, 11) is 3.37. The lowest BCUT2D eigenvalue weighted by Crippen LogP contribution is -2.39. The number of hydrogen-bond donors (Lipinski definition) is 1. The molecule has 210 valence electrons. The van der Waals surface area contributed by atoms with E-state index in [-0.39, 0.29) is 17.4 Å². The number of methoxy groups -OCH3 is 2. The van der Waals surface area contributed by atoms with Gasteiger partial charge >= 0.3 is 5.97 Å². The average molecular weight is 548 g/mol. The predicted molar refractivity (Wildman–Crippen MR) is 153 cm³/mol. The van der Waals surface area contributed by atoms with Crippen LogP contribution >= 0.6 is 0 Å². The molecule has 1 heterocycles. The normalized spacial score (nSPS) is 16.4. The molecule has 0 amide bonds. The second-order valence-electron chi connectivity index (χ2n) is 10.5. The van der Waals surface area contributed by atoms with Gasteiger partial charge in [-0.15, -0.1) is 0 Å². The van der Waals surface area contributed by atoms with Gasteiger partial charge in [0.1, 0.15) is 0 Å². The van der Waals surface area contributed by atoms with Gasteiger partial charge in [-0.1, -0.05) is 42.5 Å². The van der Waals surface area contributed by atoms with Crippen LogP contribution in [0.15, 0.2) is 66.7 Å². The number of carbonyl (C=O) groups is 1. The van der Waals surface area contributed by atoms with E-state index in [4.69, 9.17) is 9.47 Å². The number of halogens is 2. The minimum atomic E-state index is -2.51. The second kappa shape index (κ2) is 12.3. The quantitative estimate of drug-likeness (QED) is 0.297. The lowest BCUT2D eigenvalue weighted by molar-refractivity contribution is -0.141. The lowest BCUT2D eigenvalue weighted by Gasteiger charge is -2.36. The van der Waals surface area contributed by atoms with Crippen molar-refractivity contribution in [3.05, 3.63) is 100 Å². The first-order chi connectivity index (χ1) is 19.4. The monoisotopic (exact) mass is 547 g/mol. The highest BCUT2D eigenvalue weighted by atomic mass is 19.3. The summed E-state index contributed by atoms with van der Waals surface area (Å²) in [5, 5.41) is 9.58. The molecule has 5 nitrogen and oxygen atoms in total. The molecule has 1 aliphatic heterocycles. The van der Waals surface area contributed by atoms with E-state index in [1.165, 1.54) is 12.1 Å². The first kappa shape index (κ1) is 28.0. The highest BCUT2D eigenvalue weighted by molar-refractivity contribution is 6.00. The van der Waals surface area contributed by atoms with Crippen LogP contribution in [0, 0.1) is 5.92 Å². The van der Waals surface area contributed by atoms with Crippen LogP contribution in [0.5, 0.6) is 0 Å². The Kier molecular flexibility index (Phi) is 8.62. The van der Waals surface area contributed by atoms with Crippen molar-refractivity contribution in [2.75, 3.05) is 32.2 Å². The number of rotatable bonds is 8. The molecule has 0 bridgehead atoms. The van der Waals surface area contributed by atoms with Crippen LogP contribution in [-0.4, -0.2) is 44.7 Å². The van der Waals surface area contributed by atoms with E-state index in [1.54, 1.807) is 38.5 Å². The third-order valence-electron chi connectivity index (χ3n) is 8.22. The zero-order valence-corrected chi connectivity index (χ0v) is 22.9. The Morgan fingerprint density at radius 3 is 2.15 bits per heavy atom. The first-order valence-corrected chi connectivity index (χ1v) is 13.8. The van der Waals surface area contributed by atoms with E-state index in [0.717, 1.165) is 84.3 Å². The Morgan fingerprint density at radius 1 is 0.900 bits per heavy atom. The molecule has 1 N–H and O–H groups in total. The first-order valence-electron chi connectivity index (χ1n) is 13.8. The molecule has 2 aliphatic rings. The van der Waals surface area contributed by atoms with Crippen molar-refractivity contribution in [2.45, 2.75) is 44.8 Å².